The maximum atomic E-state index is 12.7. The highest BCUT2D eigenvalue weighted by Crippen LogP contribution is 2.20. The number of piperazine rings is 1. The predicted octanol–water partition coefficient (Wildman–Crippen LogP) is 0.00640. The number of sulfonamides is 2. The fraction of sp³-hybridized carbons (Fsp3) is 0.294. The molecule has 0 spiro atoms. The molecule has 2 aromatic rings. The molecular weight excluding hydrogens is 374 g/mol. The van der Waals surface area contributed by atoms with E-state index in [1.807, 2.05) is 7.05 Å². The molecule has 3 rings (SSSR count). The van der Waals surface area contributed by atoms with Crippen molar-refractivity contribution in [1.29, 1.82) is 0 Å². The third-order valence-electron chi connectivity index (χ3n) is 4.37. The number of nitrogens with one attached hydrogen (secondary N) is 2. The Morgan fingerprint density at radius 2 is 1.42 bits per heavy atom. The number of benzene rings is 2. The predicted molar refractivity (Wildman–Crippen MR) is 99.1 cm³/mol. The van der Waals surface area contributed by atoms with Crippen LogP contribution in [0, 0.1) is 0 Å². The van der Waals surface area contributed by atoms with E-state index in [4.69, 9.17) is 0 Å². The van der Waals surface area contributed by atoms with E-state index >= 15 is 0 Å². The van der Waals surface area contributed by atoms with E-state index < -0.39 is 20.0 Å². The van der Waals surface area contributed by atoms with Gasteiger partial charge in [-0.05, 0) is 36.4 Å². The maximum Gasteiger partial charge on any atom is 0.261 e. The molecular formula is C17H22N3O4S2+. The van der Waals surface area contributed by atoms with Gasteiger partial charge in [0, 0.05) is 5.69 Å². The second-order valence-electron chi connectivity index (χ2n) is 6.30. The van der Waals surface area contributed by atoms with E-state index in [9.17, 15) is 16.8 Å². The summed E-state index contributed by atoms with van der Waals surface area (Å²) in [5.41, 5.74) is 0.315. The van der Waals surface area contributed by atoms with Gasteiger partial charge in [-0.3, -0.25) is 4.72 Å². The van der Waals surface area contributed by atoms with Crippen molar-refractivity contribution in [3.63, 3.8) is 0 Å². The van der Waals surface area contributed by atoms with Crippen molar-refractivity contribution in [2.75, 3.05) is 37.9 Å². The number of hydrogen-bond acceptors (Lipinski definition) is 4. The molecule has 0 bridgehead atoms. The molecule has 0 atom stereocenters. The fourth-order valence-electron chi connectivity index (χ4n) is 2.77. The lowest BCUT2D eigenvalue weighted by Gasteiger charge is -2.29. The molecule has 0 unspecified atom stereocenters. The monoisotopic (exact) mass is 396 g/mol. The lowest BCUT2D eigenvalue weighted by Crippen LogP contribution is -3.12. The van der Waals surface area contributed by atoms with Crippen molar-refractivity contribution in [2.24, 2.45) is 0 Å². The zero-order valence-corrected chi connectivity index (χ0v) is 16.1. The molecule has 1 aliphatic rings. The quantitative estimate of drug-likeness (QED) is 0.745. The molecule has 1 fully saturated rings. The summed E-state index contributed by atoms with van der Waals surface area (Å²) < 4.78 is 54.0. The van der Waals surface area contributed by atoms with Gasteiger partial charge in [-0.15, -0.1) is 0 Å². The molecule has 0 aromatic heterocycles. The first-order valence-electron chi connectivity index (χ1n) is 8.28. The van der Waals surface area contributed by atoms with Crippen molar-refractivity contribution in [1.82, 2.24) is 4.31 Å². The fourth-order valence-corrected chi connectivity index (χ4v) is 5.29. The molecule has 2 aromatic carbocycles. The molecule has 140 valence electrons. The molecule has 1 saturated heterocycles. The molecule has 1 heterocycles. The molecule has 0 saturated carbocycles. The van der Waals surface area contributed by atoms with Gasteiger partial charge in [-0.2, -0.15) is 4.31 Å². The van der Waals surface area contributed by atoms with Crippen LogP contribution in [0.25, 0.3) is 0 Å². The molecule has 9 heteroatoms. The van der Waals surface area contributed by atoms with Crippen LogP contribution in [0.15, 0.2) is 64.4 Å². The maximum absolute atomic E-state index is 12.7. The van der Waals surface area contributed by atoms with Crippen LogP contribution in [-0.4, -0.2) is 54.4 Å². The highest BCUT2D eigenvalue weighted by Gasteiger charge is 2.29. The largest absolute Gasteiger partial charge is 0.335 e. The van der Waals surface area contributed by atoms with E-state index in [1.165, 1.54) is 45.6 Å². The molecule has 0 amide bonds. The summed E-state index contributed by atoms with van der Waals surface area (Å²) in [4.78, 5) is 1.62. The first kappa shape index (κ1) is 18.8. The molecule has 26 heavy (non-hydrogen) atoms. The third kappa shape index (κ3) is 4.07. The smallest absolute Gasteiger partial charge is 0.261 e. The number of rotatable bonds is 5. The average Bonchev–Trinajstić information content (AvgIpc) is 2.63. The van der Waals surface area contributed by atoms with Crippen molar-refractivity contribution >= 4 is 25.7 Å². The molecule has 0 aliphatic carbocycles. The number of nitrogens with zero attached hydrogens (tertiary/aromatic N) is 1. The summed E-state index contributed by atoms with van der Waals surface area (Å²) in [6.45, 7) is 2.51. The van der Waals surface area contributed by atoms with Crippen molar-refractivity contribution < 1.29 is 21.7 Å². The zero-order chi connectivity index (χ0) is 18.8. The van der Waals surface area contributed by atoms with Crippen molar-refractivity contribution in [3.05, 3.63) is 54.6 Å². The normalized spacial score (nSPS) is 17.1. The van der Waals surface area contributed by atoms with Gasteiger partial charge in [-0.25, -0.2) is 16.8 Å². The lowest BCUT2D eigenvalue weighted by atomic mass is 10.3. The highest BCUT2D eigenvalue weighted by atomic mass is 32.2. The number of hydrogen-bond donors (Lipinski definition) is 2. The minimum absolute atomic E-state index is 0.150. The van der Waals surface area contributed by atoms with Crippen LogP contribution in [0.3, 0.4) is 0 Å². The van der Waals surface area contributed by atoms with Crippen LogP contribution in [0.1, 0.15) is 0 Å². The summed E-state index contributed by atoms with van der Waals surface area (Å²) in [6, 6.07) is 13.8. The summed E-state index contributed by atoms with van der Waals surface area (Å²) in [7, 11) is -5.22. The molecule has 0 radical (unpaired) electrons. The van der Waals surface area contributed by atoms with Gasteiger partial charge in [0.25, 0.3) is 10.0 Å². The van der Waals surface area contributed by atoms with Crippen molar-refractivity contribution in [2.45, 2.75) is 9.79 Å². The standard InChI is InChI=1S/C17H21N3O4S2/c1-19-11-13-20(14-12-19)26(23,24)17-9-7-15(8-10-17)18-25(21,22)16-5-3-2-4-6-16/h2-10,18H,11-14H2,1H3/p+1. The van der Waals surface area contributed by atoms with Gasteiger partial charge in [0.2, 0.25) is 10.0 Å². The van der Waals surface area contributed by atoms with Crippen LogP contribution in [0.4, 0.5) is 5.69 Å². The summed E-state index contributed by atoms with van der Waals surface area (Å²) in [5.74, 6) is 0. The van der Waals surface area contributed by atoms with Crippen molar-refractivity contribution in [3.8, 4) is 0 Å². The highest BCUT2D eigenvalue weighted by molar-refractivity contribution is 7.92. The summed E-state index contributed by atoms with van der Waals surface area (Å²) in [5, 5.41) is 0. The average molecular weight is 397 g/mol. The molecule has 1 aliphatic heterocycles. The zero-order valence-electron chi connectivity index (χ0n) is 14.4. The van der Waals surface area contributed by atoms with E-state index in [-0.39, 0.29) is 9.79 Å². The van der Waals surface area contributed by atoms with Gasteiger partial charge in [0.15, 0.2) is 0 Å². The molecule has 7 nitrogen and oxygen atoms in total. The van der Waals surface area contributed by atoms with Gasteiger partial charge in [0.1, 0.15) is 0 Å². The van der Waals surface area contributed by atoms with Crippen LogP contribution in [0.5, 0.6) is 0 Å². The Morgan fingerprint density at radius 1 is 0.846 bits per heavy atom. The second-order valence-corrected chi connectivity index (χ2v) is 9.92. The number of anilines is 1. The van der Waals surface area contributed by atoms with Crippen LogP contribution in [-0.2, 0) is 20.0 Å². The first-order chi connectivity index (χ1) is 12.3. The second kappa shape index (κ2) is 7.36. The van der Waals surface area contributed by atoms with Gasteiger partial charge in [0.05, 0.1) is 43.0 Å². The summed E-state index contributed by atoms with van der Waals surface area (Å²) >= 11 is 0. The van der Waals surface area contributed by atoms with Crippen LogP contribution < -0.4 is 9.62 Å². The van der Waals surface area contributed by atoms with Gasteiger partial charge >= 0.3 is 0 Å². The van der Waals surface area contributed by atoms with Gasteiger partial charge < -0.3 is 4.90 Å². The Labute approximate surface area is 154 Å². The minimum atomic E-state index is -3.70. The van der Waals surface area contributed by atoms with E-state index in [0.717, 1.165) is 13.1 Å². The Kier molecular flexibility index (Phi) is 5.33. The Morgan fingerprint density at radius 3 is 2.00 bits per heavy atom. The minimum Gasteiger partial charge on any atom is -0.335 e. The SMILES string of the molecule is C[NH+]1CCN(S(=O)(=O)c2ccc(NS(=O)(=O)c3ccccc3)cc2)CC1. The Balaban J connectivity index is 1.76. The third-order valence-corrected chi connectivity index (χ3v) is 7.68. The van der Waals surface area contributed by atoms with Crippen LogP contribution >= 0.6 is 0 Å². The van der Waals surface area contributed by atoms with Gasteiger partial charge in [-0.1, -0.05) is 18.2 Å². The Bertz CT molecular complexity index is 951. The number of quaternary nitrogens is 1. The Hall–Kier alpha value is -1.94. The van der Waals surface area contributed by atoms with E-state index in [0.29, 0.717) is 18.8 Å². The summed E-state index contributed by atoms with van der Waals surface area (Å²) in [6.07, 6.45) is 0. The topological polar surface area (TPSA) is 88.0 Å². The van der Waals surface area contributed by atoms with E-state index in [1.54, 1.807) is 18.2 Å². The first-order valence-corrected chi connectivity index (χ1v) is 11.2. The lowest BCUT2D eigenvalue weighted by molar-refractivity contribution is -0.883. The number of likely N-dealkylation sites (N-methyl/N-ethyl adjacent to an activating group) is 1. The molecule has 2 N–H and O–H groups in total. The van der Waals surface area contributed by atoms with Crippen LogP contribution in [0.2, 0.25) is 0 Å². The van der Waals surface area contributed by atoms with E-state index in [2.05, 4.69) is 4.72 Å².